The smallest absolute Gasteiger partial charge is 0.255 e. The maximum absolute atomic E-state index is 12.8. The van der Waals surface area contributed by atoms with Crippen LogP contribution in [0.4, 0.5) is 5.69 Å². The minimum absolute atomic E-state index is 0.182. The van der Waals surface area contributed by atoms with E-state index in [1.165, 1.54) is 0 Å². The zero-order chi connectivity index (χ0) is 22.9. The zero-order valence-corrected chi connectivity index (χ0v) is 18.9. The summed E-state index contributed by atoms with van der Waals surface area (Å²) in [4.78, 5) is 17.6. The van der Waals surface area contributed by atoms with E-state index in [1.54, 1.807) is 72.8 Å². The summed E-state index contributed by atoms with van der Waals surface area (Å²) in [5.74, 6) is 0.115. The Labute approximate surface area is 187 Å². The molecule has 1 N–H and O–H groups in total. The van der Waals surface area contributed by atoms with E-state index in [2.05, 4.69) is 10.3 Å². The van der Waals surface area contributed by atoms with Crippen molar-refractivity contribution in [3.8, 4) is 0 Å². The second kappa shape index (κ2) is 8.24. The predicted octanol–water partition coefficient (Wildman–Crippen LogP) is 5.35. The summed E-state index contributed by atoms with van der Waals surface area (Å²) in [5, 5.41) is 2.85. The van der Waals surface area contributed by atoms with Crippen molar-refractivity contribution in [3.05, 3.63) is 89.8 Å². The van der Waals surface area contributed by atoms with E-state index in [0.29, 0.717) is 33.8 Å². The van der Waals surface area contributed by atoms with Gasteiger partial charge in [0.2, 0.25) is 5.89 Å². The van der Waals surface area contributed by atoms with Crippen molar-refractivity contribution in [2.24, 2.45) is 0 Å². The monoisotopic (exact) mass is 448 g/mol. The van der Waals surface area contributed by atoms with Crippen LogP contribution in [0, 0.1) is 0 Å². The third-order valence-electron chi connectivity index (χ3n) is 4.94. The Balaban J connectivity index is 1.53. The molecule has 1 heterocycles. The van der Waals surface area contributed by atoms with Crippen LogP contribution < -0.4 is 5.32 Å². The maximum Gasteiger partial charge on any atom is 0.255 e. The van der Waals surface area contributed by atoms with Crippen LogP contribution in [0.3, 0.4) is 0 Å². The quantitative estimate of drug-likeness (QED) is 0.444. The number of nitrogens with one attached hydrogen (secondary N) is 1. The second-order valence-electron chi connectivity index (χ2n) is 8.68. The van der Waals surface area contributed by atoms with Crippen LogP contribution in [-0.4, -0.2) is 19.3 Å². The number of aromatic nitrogens is 1. The largest absolute Gasteiger partial charge is 0.440 e. The molecular formula is C25H24N2O4S. The van der Waals surface area contributed by atoms with Crippen molar-refractivity contribution >= 4 is 32.5 Å². The zero-order valence-electron chi connectivity index (χ0n) is 18.1. The highest BCUT2D eigenvalue weighted by Crippen LogP contribution is 2.27. The average molecular weight is 449 g/mol. The molecule has 1 amide bonds. The van der Waals surface area contributed by atoms with Gasteiger partial charge < -0.3 is 9.73 Å². The molecule has 0 aliphatic rings. The van der Waals surface area contributed by atoms with Gasteiger partial charge in [0.05, 0.1) is 10.6 Å². The lowest BCUT2D eigenvalue weighted by Crippen LogP contribution is -2.13. The van der Waals surface area contributed by atoms with Crippen LogP contribution in [-0.2, 0) is 21.0 Å². The molecule has 1 aromatic heterocycles. The van der Waals surface area contributed by atoms with E-state index in [9.17, 15) is 13.2 Å². The normalized spacial score (nSPS) is 12.1. The number of amides is 1. The maximum atomic E-state index is 12.8. The van der Waals surface area contributed by atoms with Crippen molar-refractivity contribution < 1.29 is 17.6 Å². The molecule has 4 rings (SSSR count). The number of nitrogens with zero attached hydrogens (tertiary/aromatic N) is 1. The minimum Gasteiger partial charge on any atom is -0.440 e. The third-order valence-corrected chi connectivity index (χ3v) is 6.64. The summed E-state index contributed by atoms with van der Waals surface area (Å²) in [6.45, 7) is 6.06. The van der Waals surface area contributed by atoms with Crippen LogP contribution in [0.15, 0.2) is 82.1 Å². The number of anilines is 1. The molecule has 4 aromatic rings. The Morgan fingerprint density at radius 3 is 2.44 bits per heavy atom. The molecule has 0 aliphatic carbocycles. The fourth-order valence-electron chi connectivity index (χ4n) is 3.26. The van der Waals surface area contributed by atoms with Gasteiger partial charge in [0.15, 0.2) is 15.4 Å². The molecular weight excluding hydrogens is 424 g/mol. The predicted molar refractivity (Wildman–Crippen MR) is 124 cm³/mol. The van der Waals surface area contributed by atoms with Crippen LogP contribution in [0.1, 0.15) is 42.6 Å². The van der Waals surface area contributed by atoms with Gasteiger partial charge in [-0.2, -0.15) is 0 Å². The van der Waals surface area contributed by atoms with Crippen molar-refractivity contribution in [1.29, 1.82) is 0 Å². The number of hydrogen-bond donors (Lipinski definition) is 1. The first-order chi connectivity index (χ1) is 15.1. The summed E-state index contributed by atoms with van der Waals surface area (Å²) in [6.07, 6.45) is 0. The Morgan fingerprint density at radius 2 is 1.72 bits per heavy atom. The first kappa shape index (κ1) is 21.8. The summed E-state index contributed by atoms with van der Waals surface area (Å²) in [7, 11) is -3.50. The number of rotatable bonds is 5. The van der Waals surface area contributed by atoms with E-state index in [0.717, 1.165) is 0 Å². The lowest BCUT2D eigenvalue weighted by molar-refractivity contribution is 0.102. The first-order valence-electron chi connectivity index (χ1n) is 10.2. The molecule has 0 saturated heterocycles. The molecule has 0 bridgehead atoms. The first-order valence-corrected chi connectivity index (χ1v) is 11.9. The topological polar surface area (TPSA) is 89.3 Å². The minimum atomic E-state index is -3.50. The van der Waals surface area contributed by atoms with Gasteiger partial charge >= 0.3 is 0 Å². The van der Waals surface area contributed by atoms with Crippen LogP contribution in [0.2, 0.25) is 0 Å². The van der Waals surface area contributed by atoms with Crippen LogP contribution in [0.5, 0.6) is 0 Å². The molecule has 0 radical (unpaired) electrons. The lowest BCUT2D eigenvalue weighted by atomic mass is 9.97. The van der Waals surface area contributed by atoms with Gasteiger partial charge in [-0.1, -0.05) is 51.1 Å². The Morgan fingerprint density at radius 1 is 0.969 bits per heavy atom. The van der Waals surface area contributed by atoms with Crippen molar-refractivity contribution in [2.45, 2.75) is 36.8 Å². The van der Waals surface area contributed by atoms with E-state index >= 15 is 0 Å². The average Bonchev–Trinajstić information content (AvgIpc) is 3.18. The molecule has 3 aromatic carbocycles. The second-order valence-corrected chi connectivity index (χ2v) is 10.7. The lowest BCUT2D eigenvalue weighted by Gasteiger charge is -2.11. The summed E-state index contributed by atoms with van der Waals surface area (Å²) < 4.78 is 31.1. The van der Waals surface area contributed by atoms with Gasteiger partial charge in [0.25, 0.3) is 5.91 Å². The highest BCUT2D eigenvalue weighted by Gasteiger charge is 2.21. The van der Waals surface area contributed by atoms with Crippen molar-refractivity contribution in [2.75, 3.05) is 5.32 Å². The van der Waals surface area contributed by atoms with E-state index in [4.69, 9.17) is 4.42 Å². The van der Waals surface area contributed by atoms with E-state index in [1.807, 2.05) is 20.8 Å². The number of fused-ring (bicyclic) bond motifs is 1. The summed E-state index contributed by atoms with van der Waals surface area (Å²) in [6, 6.07) is 20.2. The van der Waals surface area contributed by atoms with E-state index < -0.39 is 9.84 Å². The number of carbonyl (C=O) groups is 1. The Bertz CT molecular complexity index is 1380. The molecule has 0 atom stereocenters. The number of hydrogen-bond acceptors (Lipinski definition) is 5. The molecule has 0 unspecified atom stereocenters. The van der Waals surface area contributed by atoms with Gasteiger partial charge in [-0.3, -0.25) is 4.79 Å². The van der Waals surface area contributed by atoms with Gasteiger partial charge in [-0.25, -0.2) is 13.4 Å². The molecule has 7 heteroatoms. The third kappa shape index (κ3) is 4.73. The number of benzene rings is 3. The molecule has 164 valence electrons. The number of oxazole rings is 1. The SMILES string of the molecule is CC(C)(C)c1nc2cc(NC(=O)c3cccc(CS(=O)(=O)c4ccccc4)c3)ccc2o1. The molecule has 0 spiro atoms. The van der Waals surface area contributed by atoms with Gasteiger partial charge in [-0.15, -0.1) is 0 Å². The van der Waals surface area contributed by atoms with E-state index in [-0.39, 0.29) is 22.0 Å². The van der Waals surface area contributed by atoms with Crippen LogP contribution in [0.25, 0.3) is 11.1 Å². The molecule has 0 saturated carbocycles. The van der Waals surface area contributed by atoms with Crippen molar-refractivity contribution in [1.82, 2.24) is 4.98 Å². The van der Waals surface area contributed by atoms with Crippen LogP contribution >= 0.6 is 0 Å². The van der Waals surface area contributed by atoms with Gasteiger partial charge in [-0.05, 0) is 48.0 Å². The molecule has 0 fully saturated rings. The fraction of sp³-hybridized carbons (Fsp3) is 0.200. The van der Waals surface area contributed by atoms with Gasteiger partial charge in [0, 0.05) is 16.7 Å². The fourth-order valence-corrected chi connectivity index (χ4v) is 4.62. The molecule has 6 nitrogen and oxygen atoms in total. The Hall–Kier alpha value is -3.45. The summed E-state index contributed by atoms with van der Waals surface area (Å²) >= 11 is 0. The van der Waals surface area contributed by atoms with Gasteiger partial charge in [0.1, 0.15) is 5.52 Å². The highest BCUT2D eigenvalue weighted by atomic mass is 32.2. The number of sulfone groups is 1. The molecule has 32 heavy (non-hydrogen) atoms. The number of carbonyl (C=O) groups excluding carboxylic acids is 1. The standard InChI is InChI=1S/C25H24N2O4S/c1-25(2,3)24-27-21-15-19(12-13-22(21)31-24)26-23(28)18-9-7-8-17(14-18)16-32(29,30)20-10-5-4-6-11-20/h4-15H,16H2,1-3H3,(H,26,28). The van der Waals surface area contributed by atoms with Crippen molar-refractivity contribution in [3.63, 3.8) is 0 Å². The Kier molecular flexibility index (Phi) is 5.60. The highest BCUT2D eigenvalue weighted by molar-refractivity contribution is 7.90. The summed E-state index contributed by atoms with van der Waals surface area (Å²) in [5.41, 5.74) is 2.60. The molecule has 0 aliphatic heterocycles.